The van der Waals surface area contributed by atoms with E-state index in [1.807, 2.05) is 62.4 Å². The van der Waals surface area contributed by atoms with E-state index >= 15 is 0 Å². The van der Waals surface area contributed by atoms with Gasteiger partial charge >= 0.3 is 6.09 Å². The van der Waals surface area contributed by atoms with E-state index in [1.54, 1.807) is 30.5 Å². The third-order valence-corrected chi connectivity index (χ3v) is 8.51. The number of amides is 4. The average molecular weight is 699 g/mol. The highest BCUT2D eigenvalue weighted by Gasteiger charge is 2.33. The zero-order valence-electron chi connectivity index (χ0n) is 28.7. The molecule has 13 nitrogen and oxygen atoms in total. The Labute approximate surface area is 297 Å². The molecule has 270 valence electrons. The second kappa shape index (κ2) is 19.5. The van der Waals surface area contributed by atoms with E-state index in [9.17, 15) is 29.4 Å². The van der Waals surface area contributed by atoms with Crippen LogP contribution in [0.4, 0.5) is 4.79 Å². The molecule has 4 rings (SSSR count). The van der Waals surface area contributed by atoms with E-state index < -0.39 is 42.1 Å². The number of carbonyl (C=O) groups is 4. The summed E-state index contributed by atoms with van der Waals surface area (Å²) < 4.78 is 5.37. The number of aromatic nitrogens is 2. The molecule has 7 N–H and O–H groups in total. The van der Waals surface area contributed by atoms with Gasteiger partial charge in [-0.15, -0.1) is 0 Å². The van der Waals surface area contributed by atoms with Crippen molar-refractivity contribution in [3.05, 3.63) is 120 Å². The van der Waals surface area contributed by atoms with Gasteiger partial charge in [0.05, 0.1) is 30.6 Å². The van der Waals surface area contributed by atoms with Crippen molar-refractivity contribution >= 4 is 23.8 Å². The summed E-state index contributed by atoms with van der Waals surface area (Å²) in [5.41, 5.74) is 2.79. The third kappa shape index (κ3) is 12.6. The van der Waals surface area contributed by atoms with Crippen molar-refractivity contribution in [3.8, 4) is 5.75 Å². The fourth-order valence-corrected chi connectivity index (χ4v) is 5.40. The number of aromatic amines is 1. The molecule has 1 heterocycles. The van der Waals surface area contributed by atoms with Crippen molar-refractivity contribution in [2.24, 2.45) is 5.92 Å². The summed E-state index contributed by atoms with van der Waals surface area (Å²) >= 11 is 0. The number of aromatic hydroxyl groups is 1. The fourth-order valence-electron chi connectivity index (χ4n) is 5.40. The molecule has 0 aliphatic carbocycles. The minimum atomic E-state index is -1.22. The lowest BCUT2D eigenvalue weighted by molar-refractivity contribution is -0.131. The molecule has 5 atom stereocenters. The number of imidazole rings is 1. The number of H-pyrrole nitrogens is 1. The number of nitrogens with zero attached hydrogens (tertiary/aromatic N) is 1. The molecule has 0 saturated carbocycles. The normalized spacial score (nSPS) is 13.9. The summed E-state index contributed by atoms with van der Waals surface area (Å²) in [4.78, 5) is 60.5. The molecule has 1 aromatic heterocycles. The lowest BCUT2D eigenvalue weighted by atomic mass is 9.92. The summed E-state index contributed by atoms with van der Waals surface area (Å²) in [6.07, 6.45) is 1.35. The van der Waals surface area contributed by atoms with Crippen LogP contribution in [-0.4, -0.2) is 68.2 Å². The van der Waals surface area contributed by atoms with E-state index in [1.165, 1.54) is 18.5 Å². The van der Waals surface area contributed by atoms with Crippen molar-refractivity contribution in [2.75, 3.05) is 0 Å². The molecular formula is C38H46N6O7. The van der Waals surface area contributed by atoms with Crippen LogP contribution in [0.15, 0.2) is 97.5 Å². The second-order valence-corrected chi connectivity index (χ2v) is 12.4. The molecule has 3 aromatic carbocycles. The predicted molar refractivity (Wildman–Crippen MR) is 190 cm³/mol. The molecule has 0 fully saturated rings. The van der Waals surface area contributed by atoms with Crippen LogP contribution in [0, 0.1) is 5.92 Å². The Morgan fingerprint density at radius 3 is 2.06 bits per heavy atom. The first-order chi connectivity index (χ1) is 24.6. The molecule has 0 aliphatic heterocycles. The largest absolute Gasteiger partial charge is 0.508 e. The van der Waals surface area contributed by atoms with Crippen molar-refractivity contribution in [1.29, 1.82) is 0 Å². The number of hydrogen-bond donors (Lipinski definition) is 7. The Kier molecular flexibility index (Phi) is 14.6. The number of alkyl carbamates (subject to hydrolysis) is 1. The van der Waals surface area contributed by atoms with Crippen LogP contribution in [0.5, 0.6) is 5.75 Å². The van der Waals surface area contributed by atoms with Crippen LogP contribution in [-0.2, 0) is 45.1 Å². The van der Waals surface area contributed by atoms with Crippen LogP contribution in [0.25, 0.3) is 0 Å². The van der Waals surface area contributed by atoms with Gasteiger partial charge in [-0.05, 0) is 34.7 Å². The summed E-state index contributed by atoms with van der Waals surface area (Å²) in [6.45, 7) is 4.04. The maximum absolute atomic E-state index is 13.9. The van der Waals surface area contributed by atoms with Crippen LogP contribution < -0.4 is 21.3 Å². The van der Waals surface area contributed by atoms with Gasteiger partial charge in [-0.2, -0.15) is 0 Å². The molecule has 51 heavy (non-hydrogen) atoms. The van der Waals surface area contributed by atoms with Crippen molar-refractivity contribution < 1.29 is 34.1 Å². The van der Waals surface area contributed by atoms with Gasteiger partial charge in [0.25, 0.3) is 0 Å². The van der Waals surface area contributed by atoms with Gasteiger partial charge in [0, 0.05) is 25.6 Å². The summed E-state index contributed by atoms with van der Waals surface area (Å²) in [5, 5.41) is 32.0. The standard InChI is InChI=1S/C38H46N6O7/c1-3-25(2)35(33(46)20-34(47)40-21-27-10-6-4-7-11-27)44-37(49)32(19-29-22-39-24-41-29)42-36(48)31(18-26-14-16-30(45)17-15-26)43-38(50)51-23-28-12-8-5-9-13-28/h4-17,22,24-25,31-33,35,45-46H,3,18-21,23H2,1-2H3,(H,39,41)(H,40,47)(H,42,48)(H,43,50)(H,44,49)/t25?,31-,32+,33?,35?/m0/s1. The fraction of sp³-hybridized carbons (Fsp3) is 0.342. The molecule has 4 amide bonds. The Hall–Kier alpha value is -5.69. The van der Waals surface area contributed by atoms with E-state index in [4.69, 9.17) is 4.74 Å². The number of nitrogens with one attached hydrogen (secondary N) is 5. The zero-order chi connectivity index (χ0) is 36.6. The van der Waals surface area contributed by atoms with Crippen LogP contribution in [0.1, 0.15) is 49.1 Å². The Bertz CT molecular complexity index is 1670. The number of phenols is 1. The van der Waals surface area contributed by atoms with E-state index in [0.29, 0.717) is 24.2 Å². The topological polar surface area (TPSA) is 195 Å². The number of carbonyl (C=O) groups excluding carboxylic acids is 4. The minimum absolute atomic E-state index is 0.00760. The van der Waals surface area contributed by atoms with Crippen LogP contribution in [0.2, 0.25) is 0 Å². The number of rotatable bonds is 18. The summed E-state index contributed by atoms with van der Waals surface area (Å²) in [5.74, 6) is -1.84. The Balaban J connectivity index is 1.48. The number of benzene rings is 3. The highest BCUT2D eigenvalue weighted by Crippen LogP contribution is 2.16. The number of aliphatic hydroxyl groups excluding tert-OH is 1. The molecular weight excluding hydrogens is 652 g/mol. The lowest BCUT2D eigenvalue weighted by Gasteiger charge is -2.31. The minimum Gasteiger partial charge on any atom is -0.508 e. The first-order valence-electron chi connectivity index (χ1n) is 16.9. The molecule has 3 unspecified atom stereocenters. The first kappa shape index (κ1) is 38.1. The maximum atomic E-state index is 13.9. The molecule has 0 spiro atoms. The Morgan fingerprint density at radius 2 is 1.43 bits per heavy atom. The summed E-state index contributed by atoms with van der Waals surface area (Å²) in [7, 11) is 0. The molecule has 0 aliphatic rings. The first-order valence-corrected chi connectivity index (χ1v) is 16.9. The smallest absolute Gasteiger partial charge is 0.408 e. The highest BCUT2D eigenvalue weighted by molar-refractivity contribution is 5.91. The molecule has 0 radical (unpaired) electrons. The summed E-state index contributed by atoms with van der Waals surface area (Å²) in [6, 6.07) is 21.5. The number of aliphatic hydroxyl groups is 1. The van der Waals surface area contributed by atoms with E-state index in [-0.39, 0.29) is 43.4 Å². The quantitative estimate of drug-likeness (QED) is 0.0823. The van der Waals surface area contributed by atoms with Gasteiger partial charge in [-0.25, -0.2) is 9.78 Å². The molecule has 13 heteroatoms. The number of phenolic OH excluding ortho intramolecular Hbond substituents is 1. The average Bonchev–Trinajstić information content (AvgIpc) is 3.66. The monoisotopic (exact) mass is 698 g/mol. The third-order valence-electron chi connectivity index (χ3n) is 8.51. The van der Waals surface area contributed by atoms with Crippen molar-refractivity contribution in [2.45, 2.75) is 76.9 Å². The van der Waals surface area contributed by atoms with Crippen LogP contribution in [0.3, 0.4) is 0 Å². The van der Waals surface area contributed by atoms with E-state index in [2.05, 4.69) is 31.2 Å². The van der Waals surface area contributed by atoms with Gasteiger partial charge < -0.3 is 41.2 Å². The number of ether oxygens (including phenoxy) is 1. The van der Waals surface area contributed by atoms with Gasteiger partial charge in [0.15, 0.2) is 0 Å². The van der Waals surface area contributed by atoms with Crippen LogP contribution >= 0.6 is 0 Å². The maximum Gasteiger partial charge on any atom is 0.408 e. The predicted octanol–water partition coefficient (Wildman–Crippen LogP) is 3.28. The molecule has 0 bridgehead atoms. The molecule has 4 aromatic rings. The van der Waals surface area contributed by atoms with Gasteiger partial charge in [0.1, 0.15) is 24.4 Å². The second-order valence-electron chi connectivity index (χ2n) is 12.4. The SMILES string of the molecule is CCC(C)C(NC(=O)[C@@H](Cc1c[nH]cn1)NC(=O)[C@H](Cc1ccc(O)cc1)NC(=O)OCc1ccccc1)C(O)CC(=O)NCc1ccccc1. The van der Waals surface area contributed by atoms with Gasteiger partial charge in [0.2, 0.25) is 17.7 Å². The highest BCUT2D eigenvalue weighted by atomic mass is 16.5. The van der Waals surface area contributed by atoms with Crippen molar-refractivity contribution in [3.63, 3.8) is 0 Å². The van der Waals surface area contributed by atoms with Crippen molar-refractivity contribution in [1.82, 2.24) is 31.2 Å². The zero-order valence-corrected chi connectivity index (χ0v) is 28.7. The molecule has 0 saturated heterocycles. The Morgan fingerprint density at radius 1 is 0.804 bits per heavy atom. The van der Waals surface area contributed by atoms with Gasteiger partial charge in [-0.1, -0.05) is 93.1 Å². The van der Waals surface area contributed by atoms with E-state index in [0.717, 1.165) is 11.1 Å². The number of hydrogen-bond acceptors (Lipinski definition) is 8. The van der Waals surface area contributed by atoms with Gasteiger partial charge in [-0.3, -0.25) is 14.4 Å². The lowest BCUT2D eigenvalue weighted by Crippen LogP contribution is -2.58.